The van der Waals surface area contributed by atoms with Crippen molar-refractivity contribution in [2.75, 3.05) is 13.2 Å². The molecule has 21 heavy (non-hydrogen) atoms. The molecule has 2 N–H and O–H groups in total. The summed E-state index contributed by atoms with van der Waals surface area (Å²) in [5.74, 6) is 1.31. The maximum atomic E-state index is 10.4. The minimum Gasteiger partial charge on any atom is -0.489 e. The first-order valence-corrected chi connectivity index (χ1v) is 8.21. The topological polar surface area (TPSA) is 41.5 Å². The predicted octanol–water partition coefficient (Wildman–Crippen LogP) is 3.77. The summed E-state index contributed by atoms with van der Waals surface area (Å²) in [6.07, 6.45) is 3.78. The second kappa shape index (κ2) is 7.48. The molecule has 118 valence electrons. The van der Waals surface area contributed by atoms with Gasteiger partial charge in [0.25, 0.3) is 0 Å². The van der Waals surface area contributed by atoms with Crippen molar-refractivity contribution in [1.29, 1.82) is 0 Å². The maximum Gasteiger partial charge on any atom is 0.142 e. The Kier molecular flexibility index (Phi) is 5.91. The van der Waals surface area contributed by atoms with Gasteiger partial charge in [0.2, 0.25) is 0 Å². The molecular formula is C17H26ClNO2. The maximum absolute atomic E-state index is 10.4. The van der Waals surface area contributed by atoms with Gasteiger partial charge < -0.3 is 15.2 Å². The molecule has 0 heterocycles. The molecule has 0 amide bonds. The standard InChI is InChI=1S/C17H26ClNO2/c1-13(2)10-19-11-14-6-5-7-15(18)16(14)21-12-17(20)8-3-4-9-17/h5-7,13,19-20H,3-4,8-12H2,1-2H3. The molecule has 0 atom stereocenters. The van der Waals surface area contributed by atoms with Crippen molar-refractivity contribution in [3.05, 3.63) is 28.8 Å². The molecule has 0 aromatic heterocycles. The molecule has 0 bridgehead atoms. The molecule has 1 fully saturated rings. The van der Waals surface area contributed by atoms with E-state index in [0.29, 0.717) is 23.3 Å². The molecule has 0 aliphatic heterocycles. The van der Waals surface area contributed by atoms with Gasteiger partial charge in [-0.1, -0.05) is 50.4 Å². The molecule has 2 rings (SSSR count). The van der Waals surface area contributed by atoms with Gasteiger partial charge in [0.15, 0.2) is 0 Å². The van der Waals surface area contributed by atoms with E-state index in [-0.39, 0.29) is 0 Å². The highest BCUT2D eigenvalue weighted by atomic mass is 35.5. The van der Waals surface area contributed by atoms with Crippen LogP contribution >= 0.6 is 11.6 Å². The zero-order valence-corrected chi connectivity index (χ0v) is 13.7. The van der Waals surface area contributed by atoms with Crippen molar-refractivity contribution in [2.24, 2.45) is 5.92 Å². The first-order valence-electron chi connectivity index (χ1n) is 7.83. The highest BCUT2D eigenvalue weighted by Gasteiger charge is 2.32. The van der Waals surface area contributed by atoms with Crippen molar-refractivity contribution >= 4 is 11.6 Å². The summed E-state index contributed by atoms with van der Waals surface area (Å²) in [5.41, 5.74) is 0.367. The largest absolute Gasteiger partial charge is 0.489 e. The lowest BCUT2D eigenvalue weighted by Crippen LogP contribution is -2.32. The fraction of sp³-hybridized carbons (Fsp3) is 0.647. The van der Waals surface area contributed by atoms with Crippen LogP contribution in [0, 0.1) is 5.92 Å². The SMILES string of the molecule is CC(C)CNCc1cccc(Cl)c1OCC1(O)CCCC1. The fourth-order valence-corrected chi connectivity index (χ4v) is 2.98. The number of nitrogens with one attached hydrogen (secondary N) is 1. The van der Waals surface area contributed by atoms with E-state index in [1.165, 1.54) is 0 Å². The van der Waals surface area contributed by atoms with Crippen molar-refractivity contribution in [2.45, 2.75) is 51.7 Å². The Morgan fingerprint density at radius 1 is 1.33 bits per heavy atom. The summed E-state index contributed by atoms with van der Waals surface area (Å²) in [4.78, 5) is 0. The summed E-state index contributed by atoms with van der Waals surface area (Å²) < 4.78 is 5.89. The number of para-hydroxylation sites is 1. The first-order chi connectivity index (χ1) is 10.0. The Balaban J connectivity index is 1.99. The summed E-state index contributed by atoms with van der Waals surface area (Å²) in [6, 6.07) is 5.79. The van der Waals surface area contributed by atoms with E-state index in [9.17, 15) is 5.11 Å². The highest BCUT2D eigenvalue weighted by molar-refractivity contribution is 6.32. The van der Waals surface area contributed by atoms with Gasteiger partial charge in [0.1, 0.15) is 12.4 Å². The lowest BCUT2D eigenvalue weighted by molar-refractivity contribution is 0.00115. The van der Waals surface area contributed by atoms with Crippen LogP contribution in [0.1, 0.15) is 45.1 Å². The monoisotopic (exact) mass is 311 g/mol. The van der Waals surface area contributed by atoms with Gasteiger partial charge in [-0.05, 0) is 31.4 Å². The minimum absolute atomic E-state index is 0.327. The molecule has 1 aromatic carbocycles. The molecule has 1 aliphatic carbocycles. The van der Waals surface area contributed by atoms with Crippen molar-refractivity contribution < 1.29 is 9.84 Å². The number of hydrogen-bond donors (Lipinski definition) is 2. The molecular weight excluding hydrogens is 286 g/mol. The third-order valence-electron chi connectivity index (χ3n) is 3.94. The average Bonchev–Trinajstić information content (AvgIpc) is 2.85. The normalized spacial score (nSPS) is 17.4. The minimum atomic E-state index is -0.679. The molecule has 0 radical (unpaired) electrons. The van der Waals surface area contributed by atoms with Crippen LogP contribution in [-0.4, -0.2) is 23.9 Å². The van der Waals surface area contributed by atoms with Crippen LogP contribution < -0.4 is 10.1 Å². The number of benzene rings is 1. The smallest absolute Gasteiger partial charge is 0.142 e. The summed E-state index contributed by atoms with van der Waals surface area (Å²) >= 11 is 6.27. The van der Waals surface area contributed by atoms with Crippen LogP contribution in [-0.2, 0) is 6.54 Å². The van der Waals surface area contributed by atoms with Gasteiger partial charge in [0.05, 0.1) is 10.6 Å². The molecule has 1 saturated carbocycles. The van der Waals surface area contributed by atoms with Crippen molar-refractivity contribution in [3.63, 3.8) is 0 Å². The van der Waals surface area contributed by atoms with Gasteiger partial charge >= 0.3 is 0 Å². The van der Waals surface area contributed by atoms with E-state index < -0.39 is 5.60 Å². The fourth-order valence-electron chi connectivity index (χ4n) is 2.73. The summed E-state index contributed by atoms with van der Waals surface area (Å²) in [7, 11) is 0. The van der Waals surface area contributed by atoms with E-state index in [4.69, 9.17) is 16.3 Å². The number of halogens is 1. The van der Waals surface area contributed by atoms with Crippen LogP contribution in [0.5, 0.6) is 5.75 Å². The van der Waals surface area contributed by atoms with E-state index in [1.807, 2.05) is 18.2 Å². The Bertz CT molecular complexity index is 456. The second-order valence-electron chi connectivity index (χ2n) is 6.47. The molecule has 0 saturated heterocycles. The van der Waals surface area contributed by atoms with Crippen LogP contribution in [0.25, 0.3) is 0 Å². The number of rotatable bonds is 7. The quantitative estimate of drug-likeness (QED) is 0.805. The van der Waals surface area contributed by atoms with Gasteiger partial charge in [-0.3, -0.25) is 0 Å². The van der Waals surface area contributed by atoms with E-state index in [2.05, 4.69) is 19.2 Å². The Morgan fingerprint density at radius 3 is 2.71 bits per heavy atom. The molecule has 0 spiro atoms. The predicted molar refractivity (Wildman–Crippen MR) is 86.9 cm³/mol. The van der Waals surface area contributed by atoms with Gasteiger partial charge in [0, 0.05) is 12.1 Å². The Labute approximate surface area is 132 Å². The molecule has 1 aliphatic rings. The number of ether oxygens (including phenoxy) is 1. The lowest BCUT2D eigenvalue weighted by atomic mass is 10.0. The summed E-state index contributed by atoms with van der Waals surface area (Å²) in [5, 5.41) is 14.4. The third kappa shape index (κ3) is 4.87. The molecule has 3 nitrogen and oxygen atoms in total. The van der Waals surface area contributed by atoms with Crippen LogP contribution in [0.4, 0.5) is 0 Å². The number of hydrogen-bond acceptors (Lipinski definition) is 3. The van der Waals surface area contributed by atoms with Gasteiger partial charge in [-0.2, -0.15) is 0 Å². The molecule has 1 aromatic rings. The van der Waals surface area contributed by atoms with Crippen LogP contribution in [0.15, 0.2) is 18.2 Å². The first kappa shape index (κ1) is 16.6. The van der Waals surface area contributed by atoms with E-state index >= 15 is 0 Å². The Hall–Kier alpha value is -0.770. The number of aliphatic hydroxyl groups is 1. The lowest BCUT2D eigenvalue weighted by Gasteiger charge is -2.23. The molecule has 0 unspecified atom stereocenters. The van der Waals surface area contributed by atoms with Gasteiger partial charge in [-0.25, -0.2) is 0 Å². The van der Waals surface area contributed by atoms with Crippen molar-refractivity contribution in [1.82, 2.24) is 5.32 Å². The zero-order valence-electron chi connectivity index (χ0n) is 13.0. The van der Waals surface area contributed by atoms with Gasteiger partial charge in [-0.15, -0.1) is 0 Å². The average molecular weight is 312 g/mol. The van der Waals surface area contributed by atoms with Crippen LogP contribution in [0.3, 0.4) is 0 Å². The zero-order chi connectivity index (χ0) is 15.3. The highest BCUT2D eigenvalue weighted by Crippen LogP contribution is 2.33. The molecule has 4 heteroatoms. The van der Waals surface area contributed by atoms with Crippen LogP contribution in [0.2, 0.25) is 5.02 Å². The third-order valence-corrected chi connectivity index (χ3v) is 4.23. The van der Waals surface area contributed by atoms with Crippen molar-refractivity contribution in [3.8, 4) is 5.75 Å². The Morgan fingerprint density at radius 2 is 2.05 bits per heavy atom. The van der Waals surface area contributed by atoms with E-state index in [1.54, 1.807) is 0 Å². The summed E-state index contributed by atoms with van der Waals surface area (Å²) in [6.45, 7) is 6.37. The van der Waals surface area contributed by atoms with E-state index in [0.717, 1.165) is 44.3 Å². The second-order valence-corrected chi connectivity index (χ2v) is 6.88.